The largest absolute Gasteiger partial charge is 0.480 e. The van der Waals surface area contributed by atoms with E-state index in [-0.39, 0.29) is 0 Å². The fraction of sp³-hybridized carbons (Fsp3) is 0.357. The van der Waals surface area contributed by atoms with E-state index in [1.165, 1.54) is 0 Å². The first-order chi connectivity index (χ1) is 10.0. The summed E-state index contributed by atoms with van der Waals surface area (Å²) in [5, 5.41) is 17.7. The minimum atomic E-state index is -0.816. The Labute approximate surface area is 130 Å². The lowest BCUT2D eigenvalue weighted by Gasteiger charge is -2.33. The van der Waals surface area contributed by atoms with Crippen LogP contribution in [-0.4, -0.2) is 36.8 Å². The molecule has 0 bridgehead atoms. The molecule has 0 fully saturated rings. The summed E-state index contributed by atoms with van der Waals surface area (Å²) in [6.45, 7) is 3.30. The molecule has 1 aromatic carbocycles. The average molecular weight is 351 g/mol. The Bertz CT molecular complexity index is 685. The maximum atomic E-state index is 11.6. The van der Waals surface area contributed by atoms with Crippen LogP contribution in [0.5, 0.6) is 0 Å². The van der Waals surface area contributed by atoms with Crippen molar-refractivity contribution in [3.05, 3.63) is 46.0 Å². The number of carbonyl (C=O) groups is 1. The third-order valence-electron chi connectivity index (χ3n) is 3.71. The van der Waals surface area contributed by atoms with Crippen molar-refractivity contribution < 1.29 is 9.90 Å². The smallest absolute Gasteiger partial charge is 0.322 e. The van der Waals surface area contributed by atoms with Crippen molar-refractivity contribution in [1.29, 1.82) is 0 Å². The van der Waals surface area contributed by atoms with E-state index in [4.69, 9.17) is 0 Å². The van der Waals surface area contributed by atoms with Crippen molar-refractivity contribution >= 4 is 21.9 Å². The van der Waals surface area contributed by atoms with E-state index in [0.717, 1.165) is 21.7 Å². The average Bonchev–Trinajstić information content (AvgIpc) is 2.79. The molecule has 1 aromatic heterocycles. The van der Waals surface area contributed by atoms with Gasteiger partial charge in [0.25, 0.3) is 0 Å². The number of nitrogens with zero attached hydrogens (tertiary/aromatic N) is 4. The molecular weight excluding hydrogens is 336 g/mol. The van der Waals surface area contributed by atoms with Gasteiger partial charge in [0, 0.05) is 11.0 Å². The van der Waals surface area contributed by atoms with Gasteiger partial charge in [-0.2, -0.15) is 0 Å². The van der Waals surface area contributed by atoms with Crippen molar-refractivity contribution in [2.24, 2.45) is 0 Å². The Morgan fingerprint density at radius 2 is 2.29 bits per heavy atom. The Kier molecular flexibility index (Phi) is 3.77. The van der Waals surface area contributed by atoms with E-state index in [0.29, 0.717) is 19.6 Å². The van der Waals surface area contributed by atoms with E-state index in [2.05, 4.69) is 26.1 Å². The van der Waals surface area contributed by atoms with Crippen LogP contribution in [0.4, 0.5) is 0 Å². The molecule has 2 aromatic rings. The van der Waals surface area contributed by atoms with Crippen LogP contribution in [0, 0.1) is 6.92 Å². The highest BCUT2D eigenvalue weighted by molar-refractivity contribution is 9.10. The van der Waals surface area contributed by atoms with Gasteiger partial charge in [0.05, 0.1) is 13.1 Å². The van der Waals surface area contributed by atoms with Crippen LogP contribution in [0.15, 0.2) is 28.7 Å². The molecular formula is C14H15BrN4O2. The molecule has 0 saturated heterocycles. The zero-order valence-electron chi connectivity index (χ0n) is 11.5. The van der Waals surface area contributed by atoms with Gasteiger partial charge in [-0.3, -0.25) is 9.69 Å². The van der Waals surface area contributed by atoms with Crippen molar-refractivity contribution in [3.63, 3.8) is 0 Å². The molecule has 3 rings (SSSR count). The summed E-state index contributed by atoms with van der Waals surface area (Å²) in [4.78, 5) is 13.5. The SMILES string of the molecule is Cc1nnc2n1CC(C(=O)O)N(Cc1cccc(Br)c1)C2. The molecule has 0 spiro atoms. The zero-order chi connectivity index (χ0) is 15.0. The molecule has 0 aliphatic carbocycles. The molecule has 1 N–H and O–H groups in total. The third kappa shape index (κ3) is 2.84. The topological polar surface area (TPSA) is 71.2 Å². The summed E-state index contributed by atoms with van der Waals surface area (Å²) in [6, 6.07) is 7.34. The van der Waals surface area contributed by atoms with Crippen LogP contribution >= 0.6 is 15.9 Å². The highest BCUT2D eigenvalue weighted by atomic mass is 79.9. The molecule has 110 valence electrons. The van der Waals surface area contributed by atoms with Crippen molar-refractivity contribution in [1.82, 2.24) is 19.7 Å². The van der Waals surface area contributed by atoms with Gasteiger partial charge in [-0.05, 0) is 24.6 Å². The van der Waals surface area contributed by atoms with Crippen molar-refractivity contribution in [2.75, 3.05) is 0 Å². The number of aromatic nitrogens is 3. The van der Waals surface area contributed by atoms with Gasteiger partial charge in [-0.15, -0.1) is 10.2 Å². The van der Waals surface area contributed by atoms with Crippen LogP contribution < -0.4 is 0 Å². The van der Waals surface area contributed by atoms with Crippen LogP contribution in [0.1, 0.15) is 17.2 Å². The Morgan fingerprint density at radius 1 is 1.48 bits per heavy atom. The monoisotopic (exact) mass is 350 g/mol. The number of fused-ring (bicyclic) bond motifs is 1. The lowest BCUT2D eigenvalue weighted by Crippen LogP contribution is -2.47. The highest BCUT2D eigenvalue weighted by Crippen LogP contribution is 2.21. The number of hydrogen-bond acceptors (Lipinski definition) is 4. The molecule has 2 heterocycles. The van der Waals surface area contributed by atoms with Crippen molar-refractivity contribution in [3.8, 4) is 0 Å². The van der Waals surface area contributed by atoms with E-state index >= 15 is 0 Å². The first-order valence-corrected chi connectivity index (χ1v) is 7.44. The lowest BCUT2D eigenvalue weighted by molar-refractivity contribution is -0.145. The van der Waals surface area contributed by atoms with Crippen LogP contribution in [-0.2, 0) is 24.4 Å². The van der Waals surface area contributed by atoms with Gasteiger partial charge < -0.3 is 9.67 Å². The fourth-order valence-electron chi connectivity index (χ4n) is 2.63. The summed E-state index contributed by atoms with van der Waals surface area (Å²) < 4.78 is 2.87. The van der Waals surface area contributed by atoms with Gasteiger partial charge in [0.1, 0.15) is 17.7 Å². The fourth-order valence-corrected chi connectivity index (χ4v) is 3.08. The normalized spacial score (nSPS) is 18.5. The third-order valence-corrected chi connectivity index (χ3v) is 4.21. The summed E-state index contributed by atoms with van der Waals surface area (Å²) in [7, 11) is 0. The van der Waals surface area contributed by atoms with Crippen LogP contribution in [0.2, 0.25) is 0 Å². The Morgan fingerprint density at radius 3 is 3.00 bits per heavy atom. The summed E-state index contributed by atoms with van der Waals surface area (Å²) in [5.74, 6) is 0.766. The summed E-state index contributed by atoms with van der Waals surface area (Å²) in [5.41, 5.74) is 1.07. The van der Waals surface area contributed by atoms with E-state index in [1.807, 2.05) is 40.7 Å². The Balaban J connectivity index is 1.87. The van der Waals surface area contributed by atoms with Gasteiger partial charge >= 0.3 is 5.97 Å². The molecule has 21 heavy (non-hydrogen) atoms. The second-order valence-corrected chi connectivity index (χ2v) is 6.08. The predicted molar refractivity (Wildman–Crippen MR) is 79.6 cm³/mol. The molecule has 0 amide bonds. The Hall–Kier alpha value is -1.73. The lowest BCUT2D eigenvalue weighted by atomic mass is 10.1. The quantitative estimate of drug-likeness (QED) is 0.913. The van der Waals surface area contributed by atoms with Gasteiger partial charge in [-0.25, -0.2) is 0 Å². The minimum absolute atomic E-state index is 0.386. The first-order valence-electron chi connectivity index (χ1n) is 6.64. The number of benzene rings is 1. The summed E-state index contributed by atoms with van der Waals surface area (Å²) in [6.07, 6.45) is 0. The minimum Gasteiger partial charge on any atom is -0.480 e. The zero-order valence-corrected chi connectivity index (χ0v) is 13.1. The maximum Gasteiger partial charge on any atom is 0.322 e. The maximum absolute atomic E-state index is 11.6. The molecule has 1 aliphatic rings. The number of halogens is 1. The number of aliphatic carboxylic acids is 1. The molecule has 0 saturated carbocycles. The van der Waals surface area contributed by atoms with Crippen molar-refractivity contribution in [2.45, 2.75) is 32.6 Å². The van der Waals surface area contributed by atoms with Gasteiger partial charge in [0.2, 0.25) is 0 Å². The van der Waals surface area contributed by atoms with E-state index in [1.54, 1.807) is 0 Å². The second kappa shape index (κ2) is 5.57. The predicted octanol–water partition coefficient (Wildman–Crippen LogP) is 1.82. The molecule has 1 unspecified atom stereocenters. The van der Waals surface area contributed by atoms with Gasteiger partial charge in [-0.1, -0.05) is 28.1 Å². The molecule has 6 nitrogen and oxygen atoms in total. The standard InChI is InChI=1S/C14H15BrN4O2/c1-9-16-17-13-8-18(12(14(20)21)7-19(9)13)6-10-3-2-4-11(15)5-10/h2-5,12H,6-8H2,1H3,(H,20,21). The summed E-state index contributed by atoms with van der Waals surface area (Å²) >= 11 is 3.44. The van der Waals surface area contributed by atoms with Crippen LogP contribution in [0.25, 0.3) is 0 Å². The highest BCUT2D eigenvalue weighted by Gasteiger charge is 2.33. The molecule has 1 atom stereocenters. The number of aryl methyl sites for hydroxylation is 1. The molecule has 0 radical (unpaired) electrons. The van der Waals surface area contributed by atoms with Crippen LogP contribution in [0.3, 0.4) is 0 Å². The number of hydrogen-bond donors (Lipinski definition) is 1. The van der Waals surface area contributed by atoms with E-state index < -0.39 is 12.0 Å². The van der Waals surface area contributed by atoms with Gasteiger partial charge in [0.15, 0.2) is 0 Å². The number of carboxylic acids is 1. The molecule has 7 heteroatoms. The molecule has 1 aliphatic heterocycles. The number of carboxylic acid groups (broad SMARTS) is 1. The number of rotatable bonds is 3. The first kappa shape index (κ1) is 14.2. The second-order valence-electron chi connectivity index (χ2n) is 5.16. The van der Waals surface area contributed by atoms with E-state index in [9.17, 15) is 9.90 Å².